The van der Waals surface area contributed by atoms with E-state index in [0.29, 0.717) is 42.6 Å². The van der Waals surface area contributed by atoms with Crippen LogP contribution in [-0.2, 0) is 25.7 Å². The maximum atomic E-state index is 10.3. The molecular weight excluding hydrogens is 448 g/mol. The molecule has 0 atom stereocenters. The standard InChI is InChI=1S/C28H26O7/c29-21-10-7-17(8-11-21)6-9-20-15-27(24(31)16-23(20)30)35-22-3-1-2-18(12-22)4-5-19-13-25(32)28(34)26(33)14-19/h1-3,7-8,10-16,29-34H,4-6,9H2. The van der Waals surface area contributed by atoms with E-state index < -0.39 is 5.75 Å². The smallest absolute Gasteiger partial charge is 0.200 e. The van der Waals surface area contributed by atoms with Gasteiger partial charge in [0.15, 0.2) is 28.7 Å². The molecule has 4 rings (SSSR count). The number of hydrogen-bond acceptors (Lipinski definition) is 7. The number of aryl methyl sites for hydroxylation is 4. The van der Waals surface area contributed by atoms with Crippen molar-refractivity contribution in [3.05, 3.63) is 95.1 Å². The lowest BCUT2D eigenvalue weighted by atomic mass is 10.0. The summed E-state index contributed by atoms with van der Waals surface area (Å²) in [5.74, 6) is -0.585. The molecule has 0 aliphatic carbocycles. The zero-order valence-corrected chi connectivity index (χ0v) is 18.8. The highest BCUT2D eigenvalue weighted by Crippen LogP contribution is 2.38. The second kappa shape index (κ2) is 10.2. The van der Waals surface area contributed by atoms with Crippen LogP contribution in [-0.4, -0.2) is 30.6 Å². The molecule has 35 heavy (non-hydrogen) atoms. The lowest BCUT2D eigenvalue weighted by Gasteiger charge is -2.13. The monoisotopic (exact) mass is 474 g/mol. The molecule has 0 aliphatic rings. The Bertz CT molecular complexity index is 1310. The van der Waals surface area contributed by atoms with Crippen molar-refractivity contribution in [2.75, 3.05) is 0 Å². The topological polar surface area (TPSA) is 131 Å². The molecule has 0 unspecified atom stereocenters. The van der Waals surface area contributed by atoms with Gasteiger partial charge in [0.05, 0.1) is 0 Å². The number of ether oxygens (including phenoxy) is 1. The Labute approximate surface area is 202 Å². The van der Waals surface area contributed by atoms with Crippen LogP contribution in [0.2, 0.25) is 0 Å². The van der Waals surface area contributed by atoms with E-state index in [2.05, 4.69) is 0 Å². The quantitative estimate of drug-likeness (QED) is 0.192. The SMILES string of the molecule is Oc1ccc(CCc2cc(Oc3cccc(CCc4cc(O)c(O)c(O)c4)c3)c(O)cc2O)cc1. The van der Waals surface area contributed by atoms with Gasteiger partial charge in [-0.3, -0.25) is 0 Å². The van der Waals surface area contributed by atoms with Gasteiger partial charge in [-0.05, 0) is 90.4 Å². The summed E-state index contributed by atoms with van der Waals surface area (Å²) in [6.07, 6.45) is 2.24. The predicted octanol–water partition coefficient (Wildman–Crippen LogP) is 5.28. The number of benzene rings is 4. The van der Waals surface area contributed by atoms with Crippen LogP contribution in [0.1, 0.15) is 22.3 Å². The zero-order valence-electron chi connectivity index (χ0n) is 18.8. The average Bonchev–Trinajstić information content (AvgIpc) is 2.83. The van der Waals surface area contributed by atoms with Crippen LogP contribution in [0.15, 0.2) is 72.8 Å². The first kappa shape index (κ1) is 23.6. The highest BCUT2D eigenvalue weighted by atomic mass is 16.5. The molecule has 0 saturated carbocycles. The Morgan fingerprint density at radius 2 is 1.17 bits per heavy atom. The molecule has 0 radical (unpaired) electrons. The summed E-state index contributed by atoms with van der Waals surface area (Å²) in [6.45, 7) is 0. The molecule has 0 fully saturated rings. The number of hydrogen-bond donors (Lipinski definition) is 6. The first-order valence-corrected chi connectivity index (χ1v) is 11.1. The molecule has 0 heterocycles. The van der Waals surface area contributed by atoms with E-state index in [-0.39, 0.29) is 34.5 Å². The van der Waals surface area contributed by atoms with Crippen LogP contribution in [0.3, 0.4) is 0 Å². The minimum Gasteiger partial charge on any atom is -0.508 e. The molecular formula is C28H26O7. The molecule has 0 aliphatic heterocycles. The van der Waals surface area contributed by atoms with Gasteiger partial charge in [-0.2, -0.15) is 0 Å². The summed E-state index contributed by atoms with van der Waals surface area (Å²) in [4.78, 5) is 0. The van der Waals surface area contributed by atoms with Crippen molar-refractivity contribution in [1.29, 1.82) is 0 Å². The van der Waals surface area contributed by atoms with E-state index in [1.165, 1.54) is 18.2 Å². The first-order chi connectivity index (χ1) is 16.8. The van der Waals surface area contributed by atoms with Gasteiger partial charge in [-0.15, -0.1) is 0 Å². The minimum absolute atomic E-state index is 0.0252. The summed E-state index contributed by atoms with van der Waals surface area (Å²) in [6, 6.07) is 19.8. The van der Waals surface area contributed by atoms with E-state index >= 15 is 0 Å². The van der Waals surface area contributed by atoms with Crippen molar-refractivity contribution in [3.8, 4) is 46.0 Å². The van der Waals surface area contributed by atoms with Crippen molar-refractivity contribution >= 4 is 0 Å². The summed E-state index contributed by atoms with van der Waals surface area (Å²) in [7, 11) is 0. The van der Waals surface area contributed by atoms with Crippen LogP contribution >= 0.6 is 0 Å². The fraction of sp³-hybridized carbons (Fsp3) is 0.143. The van der Waals surface area contributed by atoms with Gasteiger partial charge < -0.3 is 35.4 Å². The molecule has 180 valence electrons. The van der Waals surface area contributed by atoms with E-state index in [0.717, 1.165) is 11.1 Å². The largest absolute Gasteiger partial charge is 0.508 e. The van der Waals surface area contributed by atoms with Crippen LogP contribution in [0.5, 0.6) is 46.0 Å². The van der Waals surface area contributed by atoms with Crippen LogP contribution in [0.25, 0.3) is 0 Å². The summed E-state index contributed by atoms with van der Waals surface area (Å²) >= 11 is 0. The lowest BCUT2D eigenvalue weighted by molar-refractivity contribution is 0.367. The highest BCUT2D eigenvalue weighted by Gasteiger charge is 2.12. The van der Waals surface area contributed by atoms with E-state index in [1.807, 2.05) is 30.3 Å². The third kappa shape index (κ3) is 5.89. The number of phenolic OH excluding ortho intramolecular Hbond substituents is 6. The third-order valence-corrected chi connectivity index (χ3v) is 5.74. The van der Waals surface area contributed by atoms with Gasteiger partial charge in [0.1, 0.15) is 17.2 Å². The fourth-order valence-corrected chi connectivity index (χ4v) is 3.81. The predicted molar refractivity (Wildman–Crippen MR) is 131 cm³/mol. The Morgan fingerprint density at radius 3 is 1.89 bits per heavy atom. The van der Waals surface area contributed by atoms with E-state index in [1.54, 1.807) is 24.3 Å². The third-order valence-electron chi connectivity index (χ3n) is 5.74. The summed E-state index contributed by atoms with van der Waals surface area (Å²) in [5, 5.41) is 58.9. The minimum atomic E-state index is -0.541. The zero-order chi connectivity index (χ0) is 24.9. The molecule has 0 bridgehead atoms. The maximum absolute atomic E-state index is 10.3. The van der Waals surface area contributed by atoms with Crippen molar-refractivity contribution in [2.24, 2.45) is 0 Å². The second-order valence-electron chi connectivity index (χ2n) is 8.35. The van der Waals surface area contributed by atoms with Gasteiger partial charge in [-0.25, -0.2) is 0 Å². The van der Waals surface area contributed by atoms with Crippen molar-refractivity contribution in [2.45, 2.75) is 25.7 Å². The normalized spacial score (nSPS) is 10.9. The van der Waals surface area contributed by atoms with Crippen molar-refractivity contribution in [3.63, 3.8) is 0 Å². The van der Waals surface area contributed by atoms with Crippen LogP contribution < -0.4 is 4.74 Å². The van der Waals surface area contributed by atoms with E-state index in [9.17, 15) is 30.6 Å². The van der Waals surface area contributed by atoms with Crippen molar-refractivity contribution < 1.29 is 35.4 Å². The molecule has 0 saturated heterocycles. The number of aromatic hydroxyl groups is 6. The molecule has 0 spiro atoms. The molecule has 0 aromatic heterocycles. The van der Waals surface area contributed by atoms with Gasteiger partial charge >= 0.3 is 0 Å². The molecule has 0 amide bonds. The van der Waals surface area contributed by atoms with Crippen LogP contribution in [0.4, 0.5) is 0 Å². The van der Waals surface area contributed by atoms with Gasteiger partial charge in [0.2, 0.25) is 0 Å². The summed E-state index contributed by atoms with van der Waals surface area (Å²) < 4.78 is 5.91. The van der Waals surface area contributed by atoms with Gasteiger partial charge in [-0.1, -0.05) is 24.3 Å². The number of rotatable bonds is 8. The lowest BCUT2D eigenvalue weighted by Crippen LogP contribution is -1.95. The molecule has 7 nitrogen and oxygen atoms in total. The maximum Gasteiger partial charge on any atom is 0.200 e. The number of phenols is 6. The average molecular weight is 475 g/mol. The van der Waals surface area contributed by atoms with Crippen molar-refractivity contribution in [1.82, 2.24) is 0 Å². The fourth-order valence-electron chi connectivity index (χ4n) is 3.81. The summed E-state index contributed by atoms with van der Waals surface area (Å²) in [5.41, 5.74) is 3.22. The van der Waals surface area contributed by atoms with E-state index in [4.69, 9.17) is 4.74 Å². The molecule has 7 heteroatoms. The molecule has 6 N–H and O–H groups in total. The highest BCUT2D eigenvalue weighted by molar-refractivity contribution is 5.52. The second-order valence-corrected chi connectivity index (χ2v) is 8.35. The Balaban J connectivity index is 1.45. The van der Waals surface area contributed by atoms with Crippen LogP contribution in [0, 0.1) is 0 Å². The molecule has 4 aromatic carbocycles. The van der Waals surface area contributed by atoms with Gasteiger partial charge in [0.25, 0.3) is 0 Å². The van der Waals surface area contributed by atoms with Gasteiger partial charge in [0, 0.05) is 6.07 Å². The Kier molecular flexibility index (Phi) is 6.87. The Morgan fingerprint density at radius 1 is 0.514 bits per heavy atom. The molecule has 4 aromatic rings. The Hall–Kier alpha value is -4.52. The first-order valence-electron chi connectivity index (χ1n) is 11.1.